The highest BCUT2D eigenvalue weighted by atomic mass is 16.6. The molecule has 0 fully saturated rings. The summed E-state index contributed by atoms with van der Waals surface area (Å²) in [6.07, 6.45) is 0. The van der Waals surface area contributed by atoms with Gasteiger partial charge in [0.15, 0.2) is 6.61 Å². The first-order valence-corrected chi connectivity index (χ1v) is 7.54. The molecule has 2 N–H and O–H groups in total. The highest BCUT2D eigenvalue weighted by Gasteiger charge is 2.04. The lowest BCUT2D eigenvalue weighted by atomic mass is 10.1. The maximum absolute atomic E-state index is 11.2. The number of esters is 1. The van der Waals surface area contributed by atoms with Gasteiger partial charge in [0.2, 0.25) is 0 Å². The lowest BCUT2D eigenvalue weighted by molar-refractivity contribution is -0.145. The predicted octanol–water partition coefficient (Wildman–Crippen LogP) is 2.63. The van der Waals surface area contributed by atoms with Crippen molar-refractivity contribution in [1.29, 1.82) is 0 Å². The largest absolute Gasteiger partial charge is 0.492 e. The molecule has 0 aliphatic carbocycles. The zero-order valence-corrected chi connectivity index (χ0v) is 13.2. The number of ether oxygens (including phenoxy) is 3. The number of carbonyl (C=O) groups is 1. The van der Waals surface area contributed by atoms with Crippen molar-refractivity contribution in [3.05, 3.63) is 48.5 Å². The fourth-order valence-corrected chi connectivity index (χ4v) is 2.01. The molecule has 0 radical (unpaired) electrons. The minimum absolute atomic E-state index is 0.0830. The number of rotatable bonds is 8. The van der Waals surface area contributed by atoms with E-state index in [0.29, 0.717) is 25.5 Å². The van der Waals surface area contributed by atoms with E-state index in [4.69, 9.17) is 19.9 Å². The van der Waals surface area contributed by atoms with Gasteiger partial charge in [-0.1, -0.05) is 24.3 Å². The van der Waals surface area contributed by atoms with Crippen LogP contribution in [0.25, 0.3) is 11.1 Å². The topological polar surface area (TPSA) is 70.8 Å². The van der Waals surface area contributed by atoms with Crippen molar-refractivity contribution in [2.75, 3.05) is 26.4 Å². The van der Waals surface area contributed by atoms with E-state index in [-0.39, 0.29) is 12.6 Å². The SMILES string of the molecule is CCOC(=O)COc1ccc(-c2ccc(OCCN)cc2)cc1. The molecule has 0 bridgehead atoms. The average molecular weight is 315 g/mol. The zero-order valence-electron chi connectivity index (χ0n) is 13.2. The van der Waals surface area contributed by atoms with Gasteiger partial charge in [-0.25, -0.2) is 4.79 Å². The first-order chi connectivity index (χ1) is 11.2. The Morgan fingerprint density at radius 1 is 0.913 bits per heavy atom. The van der Waals surface area contributed by atoms with E-state index in [1.807, 2.05) is 48.5 Å². The molecule has 0 aliphatic rings. The van der Waals surface area contributed by atoms with E-state index in [1.165, 1.54) is 0 Å². The van der Waals surface area contributed by atoms with Gasteiger partial charge in [0.25, 0.3) is 0 Å². The third kappa shape index (κ3) is 5.30. The first-order valence-electron chi connectivity index (χ1n) is 7.54. The Balaban J connectivity index is 1.94. The molecule has 0 aromatic heterocycles. The van der Waals surface area contributed by atoms with Crippen molar-refractivity contribution in [2.24, 2.45) is 5.73 Å². The Kier molecular flexibility index (Phi) is 6.44. The molecule has 2 rings (SSSR count). The van der Waals surface area contributed by atoms with Gasteiger partial charge >= 0.3 is 5.97 Å². The van der Waals surface area contributed by atoms with Crippen LogP contribution in [-0.2, 0) is 9.53 Å². The minimum Gasteiger partial charge on any atom is -0.492 e. The minimum atomic E-state index is -0.371. The van der Waals surface area contributed by atoms with Crippen molar-refractivity contribution < 1.29 is 19.0 Å². The molecule has 0 saturated carbocycles. The van der Waals surface area contributed by atoms with Crippen LogP contribution >= 0.6 is 0 Å². The van der Waals surface area contributed by atoms with Crippen LogP contribution in [0.5, 0.6) is 11.5 Å². The number of hydrogen-bond donors (Lipinski definition) is 1. The average Bonchev–Trinajstić information content (AvgIpc) is 2.59. The lowest BCUT2D eigenvalue weighted by Crippen LogP contribution is -2.14. The Labute approximate surface area is 136 Å². The van der Waals surface area contributed by atoms with Crippen LogP contribution in [0, 0.1) is 0 Å². The standard InChI is InChI=1S/C18H21NO4/c1-2-21-18(20)13-23-17-9-5-15(6-10-17)14-3-7-16(8-4-14)22-12-11-19/h3-10H,2,11-13,19H2,1H3. The number of benzene rings is 2. The molecule has 0 saturated heterocycles. The van der Waals surface area contributed by atoms with Gasteiger partial charge in [-0.15, -0.1) is 0 Å². The molecule has 0 aliphatic heterocycles. The Bertz CT molecular complexity index is 608. The molecule has 2 aromatic carbocycles. The van der Waals surface area contributed by atoms with Gasteiger partial charge < -0.3 is 19.9 Å². The second-order valence-corrected chi connectivity index (χ2v) is 4.78. The number of carbonyl (C=O) groups excluding carboxylic acids is 1. The third-order valence-corrected chi connectivity index (χ3v) is 3.09. The van der Waals surface area contributed by atoms with Gasteiger partial charge in [0.1, 0.15) is 18.1 Å². The van der Waals surface area contributed by atoms with E-state index in [0.717, 1.165) is 16.9 Å². The molecule has 0 atom stereocenters. The molecule has 5 heteroatoms. The molecule has 0 unspecified atom stereocenters. The fourth-order valence-electron chi connectivity index (χ4n) is 2.01. The van der Waals surface area contributed by atoms with Gasteiger partial charge in [0, 0.05) is 6.54 Å². The molecular formula is C18H21NO4. The zero-order chi connectivity index (χ0) is 16.5. The molecule has 5 nitrogen and oxygen atoms in total. The van der Waals surface area contributed by atoms with Crippen molar-refractivity contribution >= 4 is 5.97 Å². The van der Waals surface area contributed by atoms with Gasteiger partial charge in [-0.2, -0.15) is 0 Å². The van der Waals surface area contributed by atoms with Crippen molar-refractivity contribution in [3.8, 4) is 22.6 Å². The molecule has 0 amide bonds. The van der Waals surface area contributed by atoms with E-state index in [9.17, 15) is 4.79 Å². The molecule has 2 aromatic rings. The Hall–Kier alpha value is -2.53. The molecule has 122 valence electrons. The Morgan fingerprint density at radius 2 is 1.43 bits per heavy atom. The third-order valence-electron chi connectivity index (χ3n) is 3.09. The van der Waals surface area contributed by atoms with Crippen LogP contribution < -0.4 is 15.2 Å². The van der Waals surface area contributed by atoms with E-state index < -0.39 is 0 Å². The summed E-state index contributed by atoms with van der Waals surface area (Å²) in [5.41, 5.74) is 7.53. The first kappa shape index (κ1) is 16.8. The van der Waals surface area contributed by atoms with E-state index >= 15 is 0 Å². The van der Waals surface area contributed by atoms with Crippen LogP contribution in [0.15, 0.2) is 48.5 Å². The second kappa shape index (κ2) is 8.80. The summed E-state index contributed by atoms with van der Waals surface area (Å²) in [5, 5.41) is 0. The highest BCUT2D eigenvalue weighted by molar-refractivity contribution is 5.71. The molecule has 23 heavy (non-hydrogen) atoms. The number of nitrogens with two attached hydrogens (primary N) is 1. The summed E-state index contributed by atoms with van der Waals surface area (Å²) in [5.74, 6) is 1.06. The molecule has 0 heterocycles. The normalized spacial score (nSPS) is 10.2. The summed E-state index contributed by atoms with van der Waals surface area (Å²) in [4.78, 5) is 11.2. The lowest BCUT2D eigenvalue weighted by Gasteiger charge is -2.08. The molecular weight excluding hydrogens is 294 g/mol. The van der Waals surface area contributed by atoms with Crippen LogP contribution in [0.4, 0.5) is 0 Å². The van der Waals surface area contributed by atoms with Crippen molar-refractivity contribution in [2.45, 2.75) is 6.92 Å². The second-order valence-electron chi connectivity index (χ2n) is 4.78. The summed E-state index contributed by atoms with van der Waals surface area (Å²) in [7, 11) is 0. The van der Waals surface area contributed by atoms with E-state index in [1.54, 1.807) is 6.92 Å². The summed E-state index contributed by atoms with van der Waals surface area (Å²) in [6, 6.07) is 15.3. The number of hydrogen-bond acceptors (Lipinski definition) is 5. The van der Waals surface area contributed by atoms with Gasteiger partial charge in [-0.3, -0.25) is 0 Å². The fraction of sp³-hybridized carbons (Fsp3) is 0.278. The van der Waals surface area contributed by atoms with Gasteiger partial charge in [-0.05, 0) is 42.3 Å². The summed E-state index contributed by atoms with van der Waals surface area (Å²) < 4.78 is 15.6. The molecule has 0 spiro atoms. The van der Waals surface area contributed by atoms with E-state index in [2.05, 4.69) is 0 Å². The van der Waals surface area contributed by atoms with Crippen molar-refractivity contribution in [3.63, 3.8) is 0 Å². The van der Waals surface area contributed by atoms with Gasteiger partial charge in [0.05, 0.1) is 6.61 Å². The Morgan fingerprint density at radius 3 is 1.91 bits per heavy atom. The maximum atomic E-state index is 11.2. The monoisotopic (exact) mass is 315 g/mol. The predicted molar refractivity (Wildman–Crippen MR) is 88.6 cm³/mol. The highest BCUT2D eigenvalue weighted by Crippen LogP contribution is 2.24. The summed E-state index contributed by atoms with van der Waals surface area (Å²) >= 11 is 0. The van der Waals surface area contributed by atoms with Crippen LogP contribution in [-0.4, -0.2) is 32.3 Å². The van der Waals surface area contributed by atoms with Crippen LogP contribution in [0.3, 0.4) is 0 Å². The maximum Gasteiger partial charge on any atom is 0.344 e. The summed E-state index contributed by atoms with van der Waals surface area (Å²) in [6.45, 7) is 3.03. The van der Waals surface area contributed by atoms with Crippen molar-refractivity contribution in [1.82, 2.24) is 0 Å². The van der Waals surface area contributed by atoms with Crippen LogP contribution in [0.1, 0.15) is 6.92 Å². The quantitative estimate of drug-likeness (QED) is 0.758. The van der Waals surface area contributed by atoms with Crippen LogP contribution in [0.2, 0.25) is 0 Å². The smallest absolute Gasteiger partial charge is 0.344 e.